The van der Waals surface area contributed by atoms with E-state index in [1.54, 1.807) is 32.0 Å². The molecule has 3 rings (SSSR count). The average Bonchev–Trinajstić information content (AvgIpc) is 3.26. The van der Waals surface area contributed by atoms with Gasteiger partial charge in [0.25, 0.3) is 5.91 Å². The number of nitrogens with one attached hydrogen (secondary N) is 1. The molecular formula is C30H34N2O4. The van der Waals surface area contributed by atoms with Gasteiger partial charge in [-0.15, -0.1) is 0 Å². The molecule has 6 nitrogen and oxygen atoms in total. The van der Waals surface area contributed by atoms with E-state index in [0.29, 0.717) is 23.4 Å². The molecule has 0 bridgehead atoms. The Bertz CT molecular complexity index is 1270. The molecule has 1 amide bonds. The second-order valence-electron chi connectivity index (χ2n) is 9.72. The largest absolute Gasteiger partial charge is 0.480 e. The molecule has 0 saturated heterocycles. The number of nitrogens with zero attached hydrogens (tertiary/aromatic N) is 1. The van der Waals surface area contributed by atoms with Crippen LogP contribution in [0.15, 0.2) is 66.9 Å². The number of carbonyl (C=O) groups excluding carboxylic acids is 2. The van der Waals surface area contributed by atoms with E-state index >= 15 is 0 Å². The van der Waals surface area contributed by atoms with Crippen molar-refractivity contribution >= 4 is 23.7 Å². The Morgan fingerprint density at radius 1 is 0.972 bits per heavy atom. The molecule has 0 radical (unpaired) electrons. The molecule has 0 aliphatic carbocycles. The van der Waals surface area contributed by atoms with Crippen LogP contribution in [0.4, 0.5) is 0 Å². The molecule has 188 valence electrons. The minimum Gasteiger partial charge on any atom is -0.480 e. The quantitative estimate of drug-likeness (QED) is 0.360. The SMILES string of the molecule is Cc1ccc(C(=O)c2cc(C(C)C)cn2C/C=C/c2cccc(C(=O)N[C@H](C(=O)O)C(C)C)c2)cc1. The lowest BCUT2D eigenvalue weighted by Gasteiger charge is -2.18. The summed E-state index contributed by atoms with van der Waals surface area (Å²) in [6.45, 7) is 10.2. The molecule has 36 heavy (non-hydrogen) atoms. The third-order valence-electron chi connectivity index (χ3n) is 6.11. The number of carbonyl (C=O) groups is 3. The van der Waals surface area contributed by atoms with Crippen molar-refractivity contribution in [2.24, 2.45) is 5.92 Å². The Hall–Kier alpha value is -3.93. The number of hydrogen-bond donors (Lipinski definition) is 2. The molecule has 0 saturated carbocycles. The van der Waals surface area contributed by atoms with Crippen LogP contribution in [0, 0.1) is 12.8 Å². The maximum atomic E-state index is 13.2. The highest BCUT2D eigenvalue weighted by Gasteiger charge is 2.24. The third kappa shape index (κ3) is 6.60. The molecule has 1 heterocycles. The molecule has 0 aliphatic rings. The summed E-state index contributed by atoms with van der Waals surface area (Å²) in [6.07, 6.45) is 5.85. The number of carboxylic acid groups (broad SMARTS) is 1. The van der Waals surface area contributed by atoms with Crippen molar-refractivity contribution in [3.8, 4) is 0 Å². The lowest BCUT2D eigenvalue weighted by molar-refractivity contribution is -0.140. The average molecular weight is 487 g/mol. The van der Waals surface area contributed by atoms with E-state index in [4.69, 9.17) is 0 Å². The fourth-order valence-corrected chi connectivity index (χ4v) is 3.87. The van der Waals surface area contributed by atoms with Crippen molar-refractivity contribution in [3.05, 3.63) is 100 Å². The standard InChI is InChI=1S/C30H34N2O4/c1-19(2)25-17-26(28(33)23-13-11-21(5)12-14-23)32(18-25)15-7-9-22-8-6-10-24(16-22)29(34)31-27(20(3)4)30(35)36/h6-14,16-20,27H,15H2,1-5H3,(H,31,34)(H,35,36)/b9-7+/t27-/m0/s1. The number of benzene rings is 2. The van der Waals surface area contributed by atoms with Crippen LogP contribution in [-0.4, -0.2) is 33.4 Å². The molecule has 3 aromatic rings. The summed E-state index contributed by atoms with van der Waals surface area (Å²) in [4.78, 5) is 37.3. The summed E-state index contributed by atoms with van der Waals surface area (Å²) in [5.41, 5.74) is 4.68. The number of aryl methyl sites for hydroxylation is 1. The highest BCUT2D eigenvalue weighted by Crippen LogP contribution is 2.21. The maximum absolute atomic E-state index is 13.2. The number of aliphatic carboxylic acids is 1. The van der Waals surface area contributed by atoms with Crippen LogP contribution >= 0.6 is 0 Å². The number of amides is 1. The van der Waals surface area contributed by atoms with Crippen molar-refractivity contribution < 1.29 is 19.5 Å². The summed E-state index contributed by atoms with van der Waals surface area (Å²) in [7, 11) is 0. The number of hydrogen-bond acceptors (Lipinski definition) is 3. The highest BCUT2D eigenvalue weighted by atomic mass is 16.4. The first-order valence-corrected chi connectivity index (χ1v) is 12.2. The second kappa shape index (κ2) is 11.7. The van der Waals surface area contributed by atoms with Gasteiger partial charge in [-0.25, -0.2) is 4.79 Å². The van der Waals surface area contributed by atoms with Gasteiger partial charge in [0.05, 0.1) is 5.69 Å². The summed E-state index contributed by atoms with van der Waals surface area (Å²) in [5, 5.41) is 11.9. The van der Waals surface area contributed by atoms with Crippen molar-refractivity contribution in [1.29, 1.82) is 0 Å². The molecule has 0 spiro atoms. The summed E-state index contributed by atoms with van der Waals surface area (Å²) in [6, 6.07) is 15.6. The van der Waals surface area contributed by atoms with E-state index in [1.165, 1.54) is 0 Å². The zero-order valence-corrected chi connectivity index (χ0v) is 21.5. The van der Waals surface area contributed by atoms with Crippen LogP contribution in [0.2, 0.25) is 0 Å². The van der Waals surface area contributed by atoms with Gasteiger partial charge in [-0.1, -0.05) is 81.8 Å². The fourth-order valence-electron chi connectivity index (χ4n) is 3.87. The third-order valence-corrected chi connectivity index (χ3v) is 6.11. The van der Waals surface area contributed by atoms with Crippen molar-refractivity contribution in [1.82, 2.24) is 9.88 Å². The molecule has 1 atom stereocenters. The fraction of sp³-hybridized carbons (Fsp3) is 0.300. The lowest BCUT2D eigenvalue weighted by atomic mass is 10.0. The van der Waals surface area contributed by atoms with Gasteiger partial charge in [-0.3, -0.25) is 9.59 Å². The molecule has 2 N–H and O–H groups in total. The molecule has 0 fully saturated rings. The van der Waals surface area contributed by atoms with E-state index in [2.05, 4.69) is 19.2 Å². The van der Waals surface area contributed by atoms with Gasteiger partial charge < -0.3 is 15.0 Å². The Labute approximate surface area is 212 Å². The van der Waals surface area contributed by atoms with E-state index in [9.17, 15) is 19.5 Å². The lowest BCUT2D eigenvalue weighted by Crippen LogP contribution is -2.44. The molecule has 0 unspecified atom stereocenters. The topological polar surface area (TPSA) is 88.4 Å². The monoisotopic (exact) mass is 486 g/mol. The normalized spacial score (nSPS) is 12.3. The summed E-state index contributed by atoms with van der Waals surface area (Å²) >= 11 is 0. The predicted octanol–water partition coefficient (Wildman–Crippen LogP) is 5.70. The van der Waals surface area contributed by atoms with E-state index in [-0.39, 0.29) is 17.6 Å². The zero-order valence-electron chi connectivity index (χ0n) is 21.5. The van der Waals surface area contributed by atoms with Gasteiger partial charge in [0.15, 0.2) is 0 Å². The van der Waals surface area contributed by atoms with Crippen LogP contribution in [0.3, 0.4) is 0 Å². The van der Waals surface area contributed by atoms with Gasteiger partial charge in [-0.05, 0) is 48.1 Å². The number of ketones is 1. The first-order valence-electron chi connectivity index (χ1n) is 12.2. The Balaban J connectivity index is 1.79. The number of aromatic nitrogens is 1. The molecule has 0 aliphatic heterocycles. The molecular weight excluding hydrogens is 452 g/mol. The van der Waals surface area contributed by atoms with Crippen LogP contribution in [-0.2, 0) is 11.3 Å². The second-order valence-corrected chi connectivity index (χ2v) is 9.72. The zero-order chi connectivity index (χ0) is 26.4. The van der Waals surface area contributed by atoms with Gasteiger partial charge in [0.2, 0.25) is 5.78 Å². The minimum absolute atomic E-state index is 0.0212. The summed E-state index contributed by atoms with van der Waals surface area (Å²) in [5.74, 6) is -1.45. The van der Waals surface area contributed by atoms with E-state index < -0.39 is 17.9 Å². The van der Waals surface area contributed by atoms with Crippen molar-refractivity contribution in [3.63, 3.8) is 0 Å². The predicted molar refractivity (Wildman–Crippen MR) is 142 cm³/mol. The smallest absolute Gasteiger partial charge is 0.326 e. The van der Waals surface area contributed by atoms with E-state index in [0.717, 1.165) is 16.7 Å². The van der Waals surface area contributed by atoms with Crippen LogP contribution < -0.4 is 5.32 Å². The number of carboxylic acids is 1. The van der Waals surface area contributed by atoms with E-state index in [1.807, 2.05) is 66.2 Å². The summed E-state index contributed by atoms with van der Waals surface area (Å²) < 4.78 is 1.95. The van der Waals surface area contributed by atoms with Gasteiger partial charge in [0, 0.05) is 23.9 Å². The number of rotatable bonds is 10. The van der Waals surface area contributed by atoms with Gasteiger partial charge >= 0.3 is 5.97 Å². The van der Waals surface area contributed by atoms with Crippen LogP contribution in [0.5, 0.6) is 0 Å². The Morgan fingerprint density at radius 3 is 2.28 bits per heavy atom. The molecule has 6 heteroatoms. The molecule has 2 aromatic carbocycles. The van der Waals surface area contributed by atoms with Crippen LogP contribution in [0.1, 0.15) is 76.7 Å². The van der Waals surface area contributed by atoms with Gasteiger partial charge in [0.1, 0.15) is 6.04 Å². The van der Waals surface area contributed by atoms with Crippen molar-refractivity contribution in [2.75, 3.05) is 0 Å². The highest BCUT2D eigenvalue weighted by molar-refractivity contribution is 6.08. The first-order chi connectivity index (χ1) is 17.1. The Kier molecular flexibility index (Phi) is 8.64. The van der Waals surface area contributed by atoms with Crippen molar-refractivity contribution in [2.45, 2.75) is 53.1 Å². The number of allylic oxidation sites excluding steroid dienone is 1. The molecule has 1 aromatic heterocycles. The first kappa shape index (κ1) is 26.7. The minimum atomic E-state index is -1.06. The van der Waals surface area contributed by atoms with Crippen LogP contribution in [0.25, 0.3) is 6.08 Å². The maximum Gasteiger partial charge on any atom is 0.326 e. The Morgan fingerprint density at radius 2 is 1.67 bits per heavy atom. The van der Waals surface area contributed by atoms with Gasteiger partial charge in [-0.2, -0.15) is 0 Å².